The quantitative estimate of drug-likeness (QED) is 0.416. The van der Waals surface area contributed by atoms with Gasteiger partial charge in [-0.3, -0.25) is 4.79 Å². The molecule has 5 rings (SSSR count). The van der Waals surface area contributed by atoms with Gasteiger partial charge in [0.2, 0.25) is 0 Å². The number of aromatic amines is 1. The first-order chi connectivity index (χ1) is 20.0. The maximum absolute atomic E-state index is 12.8. The van der Waals surface area contributed by atoms with Crippen LogP contribution in [0.2, 0.25) is 0 Å². The molecule has 2 bridgehead atoms. The summed E-state index contributed by atoms with van der Waals surface area (Å²) in [5.41, 5.74) is 1.92. The van der Waals surface area contributed by atoms with Crippen LogP contribution in [0.25, 0.3) is 11.0 Å². The van der Waals surface area contributed by atoms with Gasteiger partial charge in [-0.25, -0.2) is 9.97 Å². The SMILES string of the molecule is COc1ccc(OCCCOC2=C3CC(C=C2)Nc2ncnc4[nH]cc(c24)CN(C)CCCN(C)C(=O)CO3)cc1. The van der Waals surface area contributed by atoms with Crippen LogP contribution < -0.4 is 14.8 Å². The third-order valence-corrected chi connectivity index (χ3v) is 7.18. The highest BCUT2D eigenvalue weighted by molar-refractivity contribution is 5.90. The molecule has 0 radical (unpaired) electrons. The molecule has 2 aliphatic rings. The molecular formula is C30H38N6O5. The Morgan fingerprint density at radius 2 is 1.88 bits per heavy atom. The summed E-state index contributed by atoms with van der Waals surface area (Å²) in [5, 5.41) is 4.53. The molecule has 0 fully saturated rings. The Bertz CT molecular complexity index is 1390. The van der Waals surface area contributed by atoms with Crippen molar-refractivity contribution in [1.82, 2.24) is 24.8 Å². The molecule has 2 N–H and O–H groups in total. The van der Waals surface area contributed by atoms with Gasteiger partial charge in [0, 0.05) is 39.2 Å². The fourth-order valence-electron chi connectivity index (χ4n) is 4.89. The molecular weight excluding hydrogens is 524 g/mol. The molecule has 1 amide bonds. The molecule has 1 atom stereocenters. The van der Waals surface area contributed by atoms with E-state index in [0.717, 1.165) is 53.4 Å². The summed E-state index contributed by atoms with van der Waals surface area (Å²) in [5.74, 6) is 3.52. The van der Waals surface area contributed by atoms with Crippen LogP contribution in [0.15, 0.2) is 60.5 Å². The second kappa shape index (κ2) is 13.4. The molecule has 3 heterocycles. The maximum atomic E-state index is 12.8. The summed E-state index contributed by atoms with van der Waals surface area (Å²) < 4.78 is 23.2. The number of hydrogen-bond acceptors (Lipinski definition) is 9. The van der Waals surface area contributed by atoms with Crippen molar-refractivity contribution in [3.8, 4) is 11.5 Å². The maximum Gasteiger partial charge on any atom is 0.260 e. The van der Waals surface area contributed by atoms with E-state index in [2.05, 4.69) is 32.2 Å². The molecule has 1 unspecified atom stereocenters. The Morgan fingerprint density at radius 1 is 1.07 bits per heavy atom. The van der Waals surface area contributed by atoms with Gasteiger partial charge in [-0.15, -0.1) is 0 Å². The van der Waals surface area contributed by atoms with Gasteiger partial charge in [0.1, 0.15) is 35.1 Å². The normalized spacial score (nSPS) is 18.7. The molecule has 11 heteroatoms. The molecule has 0 saturated carbocycles. The number of H-pyrrole nitrogens is 1. The van der Waals surface area contributed by atoms with Gasteiger partial charge in [0.25, 0.3) is 5.91 Å². The number of aromatic nitrogens is 3. The van der Waals surface area contributed by atoms with Crippen LogP contribution in [0.3, 0.4) is 0 Å². The number of amides is 1. The number of likely N-dealkylation sites (N-methyl/N-ethyl adjacent to an activating group) is 1. The van der Waals surface area contributed by atoms with E-state index in [-0.39, 0.29) is 18.6 Å². The Morgan fingerprint density at radius 3 is 2.71 bits per heavy atom. The standard InChI is InChI=1S/C30H38N6O5/c1-35-12-4-13-36(2)27(37)19-41-26-16-22(34-30-28-21(18-35)17-31-29(28)32-20-33-30)6-11-25(26)40-15-5-14-39-24-9-7-23(38-3)8-10-24/h6-11,17,20,22H,4-5,12-16,18-19H2,1-3H3,(H2,31,32,33,34). The smallest absolute Gasteiger partial charge is 0.260 e. The summed E-state index contributed by atoms with van der Waals surface area (Å²) in [6.45, 7) is 3.14. The molecule has 218 valence electrons. The number of methoxy groups -OCH3 is 1. The van der Waals surface area contributed by atoms with Crippen molar-refractivity contribution in [2.75, 3.05) is 59.4 Å². The van der Waals surface area contributed by atoms with E-state index in [1.54, 1.807) is 18.3 Å². The minimum atomic E-state index is -0.102. The Kier molecular flexibility index (Phi) is 9.25. The number of rotatable bonds is 7. The molecule has 2 aromatic heterocycles. The molecule has 1 aromatic carbocycles. The number of benzene rings is 1. The lowest BCUT2D eigenvalue weighted by Crippen LogP contribution is -2.33. The second-order valence-electron chi connectivity index (χ2n) is 10.3. The summed E-state index contributed by atoms with van der Waals surface area (Å²) in [7, 11) is 5.53. The van der Waals surface area contributed by atoms with Crippen LogP contribution in [0.4, 0.5) is 5.82 Å². The zero-order chi connectivity index (χ0) is 28.6. The number of anilines is 1. The van der Waals surface area contributed by atoms with Crippen LogP contribution in [-0.4, -0.2) is 90.8 Å². The molecule has 3 aromatic rings. The van der Waals surface area contributed by atoms with E-state index in [4.69, 9.17) is 18.9 Å². The lowest BCUT2D eigenvalue weighted by atomic mass is 10.1. The molecule has 11 nitrogen and oxygen atoms in total. The number of carbonyl (C=O) groups excluding carboxylic acids is 1. The van der Waals surface area contributed by atoms with Crippen molar-refractivity contribution in [3.05, 3.63) is 66.0 Å². The van der Waals surface area contributed by atoms with Crippen molar-refractivity contribution in [2.24, 2.45) is 0 Å². The monoisotopic (exact) mass is 562 g/mol. The van der Waals surface area contributed by atoms with Crippen molar-refractivity contribution in [3.63, 3.8) is 0 Å². The third-order valence-electron chi connectivity index (χ3n) is 7.18. The third kappa shape index (κ3) is 7.29. The fraction of sp³-hybridized carbons (Fsp3) is 0.433. The van der Waals surface area contributed by atoms with Crippen LogP contribution in [0.5, 0.6) is 11.5 Å². The number of nitrogens with zero attached hydrogens (tertiary/aromatic N) is 4. The van der Waals surface area contributed by atoms with Gasteiger partial charge in [0.15, 0.2) is 12.4 Å². The van der Waals surface area contributed by atoms with E-state index in [1.165, 1.54) is 0 Å². The minimum Gasteiger partial charge on any atom is -0.497 e. The summed E-state index contributed by atoms with van der Waals surface area (Å²) >= 11 is 0. The van der Waals surface area contributed by atoms with E-state index >= 15 is 0 Å². The first kappa shape index (κ1) is 28.3. The summed E-state index contributed by atoms with van der Waals surface area (Å²) in [4.78, 5) is 29.1. The highest BCUT2D eigenvalue weighted by atomic mass is 16.5. The van der Waals surface area contributed by atoms with Crippen molar-refractivity contribution in [2.45, 2.75) is 31.8 Å². The lowest BCUT2D eigenvalue weighted by Gasteiger charge is -2.26. The number of fused-ring (bicyclic) bond motifs is 2. The largest absolute Gasteiger partial charge is 0.497 e. The predicted octanol–water partition coefficient (Wildman–Crippen LogP) is 3.71. The van der Waals surface area contributed by atoms with Crippen molar-refractivity contribution < 1.29 is 23.7 Å². The van der Waals surface area contributed by atoms with Gasteiger partial charge in [-0.1, -0.05) is 6.08 Å². The highest BCUT2D eigenvalue weighted by Crippen LogP contribution is 2.29. The van der Waals surface area contributed by atoms with Gasteiger partial charge in [0.05, 0.1) is 31.8 Å². The number of ether oxygens (including phenoxy) is 4. The van der Waals surface area contributed by atoms with Crippen molar-refractivity contribution >= 4 is 22.8 Å². The molecule has 1 aliphatic heterocycles. The Labute approximate surface area is 240 Å². The van der Waals surface area contributed by atoms with Gasteiger partial charge >= 0.3 is 0 Å². The van der Waals surface area contributed by atoms with Crippen LogP contribution in [0.1, 0.15) is 24.8 Å². The molecule has 0 spiro atoms. The van der Waals surface area contributed by atoms with Crippen LogP contribution in [-0.2, 0) is 20.8 Å². The van der Waals surface area contributed by atoms with E-state index in [9.17, 15) is 4.79 Å². The second-order valence-corrected chi connectivity index (χ2v) is 10.3. The first-order valence-electron chi connectivity index (χ1n) is 13.9. The topological polar surface area (TPSA) is 114 Å². The molecule has 1 aliphatic carbocycles. The van der Waals surface area contributed by atoms with Crippen LogP contribution >= 0.6 is 0 Å². The lowest BCUT2D eigenvalue weighted by molar-refractivity contribution is -0.133. The average molecular weight is 563 g/mol. The average Bonchev–Trinajstić information content (AvgIpc) is 3.39. The number of nitrogens with one attached hydrogen (secondary N) is 2. The van der Waals surface area contributed by atoms with E-state index < -0.39 is 0 Å². The minimum absolute atomic E-state index is 0.0462. The van der Waals surface area contributed by atoms with Gasteiger partial charge < -0.3 is 39.0 Å². The fourth-order valence-corrected chi connectivity index (χ4v) is 4.89. The number of carbonyl (C=O) groups is 1. The van der Waals surface area contributed by atoms with Crippen LogP contribution in [0, 0.1) is 0 Å². The summed E-state index contributed by atoms with van der Waals surface area (Å²) in [6, 6.07) is 7.38. The highest BCUT2D eigenvalue weighted by Gasteiger charge is 2.23. The van der Waals surface area contributed by atoms with E-state index in [0.29, 0.717) is 44.1 Å². The molecule has 41 heavy (non-hydrogen) atoms. The Balaban J connectivity index is 1.28. The summed E-state index contributed by atoms with van der Waals surface area (Å²) in [6.07, 6.45) is 9.55. The zero-order valence-electron chi connectivity index (χ0n) is 23.9. The first-order valence-corrected chi connectivity index (χ1v) is 13.9. The number of hydrogen-bond donors (Lipinski definition) is 2. The van der Waals surface area contributed by atoms with E-state index in [1.807, 2.05) is 49.7 Å². The van der Waals surface area contributed by atoms with Gasteiger partial charge in [-0.2, -0.15) is 0 Å². The number of allylic oxidation sites excluding steroid dienone is 1. The Hall–Kier alpha value is -4.25. The van der Waals surface area contributed by atoms with Crippen molar-refractivity contribution in [1.29, 1.82) is 0 Å². The zero-order valence-corrected chi connectivity index (χ0v) is 23.9. The predicted molar refractivity (Wildman–Crippen MR) is 156 cm³/mol. The molecule has 0 saturated heterocycles. The van der Waals surface area contributed by atoms with Gasteiger partial charge in [-0.05, 0) is 55.9 Å².